The van der Waals surface area contributed by atoms with Crippen LogP contribution in [0.4, 0.5) is 0 Å². The number of rotatable bonds is 43. The van der Waals surface area contributed by atoms with Gasteiger partial charge in [0, 0.05) is 6.42 Å². The zero-order chi connectivity index (χ0) is 44.4. The van der Waals surface area contributed by atoms with E-state index in [-0.39, 0.29) is 12.5 Å². The fourth-order valence-corrected chi connectivity index (χ4v) is 8.09. The summed E-state index contributed by atoms with van der Waals surface area (Å²) in [5.41, 5.74) is 0. The van der Waals surface area contributed by atoms with Gasteiger partial charge in [0.25, 0.3) is 0 Å². The van der Waals surface area contributed by atoms with E-state index in [4.69, 9.17) is 9.47 Å². The third-order valence-electron chi connectivity index (χ3n) is 12.2. The molecule has 0 saturated carbocycles. The van der Waals surface area contributed by atoms with Crippen LogP contribution in [0.5, 0.6) is 0 Å². The van der Waals surface area contributed by atoms with Crippen molar-refractivity contribution in [3.63, 3.8) is 0 Å². The fraction of sp³-hybridized carbons (Fsp3) is 0.865. The largest absolute Gasteiger partial charge is 0.394 e. The van der Waals surface area contributed by atoms with E-state index >= 15 is 0 Å². The molecule has 1 aliphatic heterocycles. The van der Waals surface area contributed by atoms with Crippen molar-refractivity contribution in [1.82, 2.24) is 5.32 Å². The maximum atomic E-state index is 13.0. The van der Waals surface area contributed by atoms with Crippen LogP contribution in [-0.4, -0.2) is 87.5 Å². The number of unbranched alkanes of at least 4 members (excludes halogenated alkanes) is 30. The average Bonchev–Trinajstić information content (AvgIpc) is 3.26. The van der Waals surface area contributed by atoms with Crippen molar-refractivity contribution < 1.29 is 39.8 Å². The Bertz CT molecular complexity index is 1050. The van der Waals surface area contributed by atoms with Crippen molar-refractivity contribution >= 4 is 5.91 Å². The fourth-order valence-electron chi connectivity index (χ4n) is 8.09. The van der Waals surface area contributed by atoms with E-state index in [1.165, 1.54) is 154 Å². The molecule has 0 radical (unpaired) electrons. The number of carbonyl (C=O) groups is 1. The van der Waals surface area contributed by atoms with Crippen LogP contribution >= 0.6 is 0 Å². The van der Waals surface area contributed by atoms with E-state index in [9.17, 15) is 30.3 Å². The second-order valence-corrected chi connectivity index (χ2v) is 18.0. The van der Waals surface area contributed by atoms with Gasteiger partial charge in [-0.15, -0.1) is 0 Å². The lowest BCUT2D eigenvalue weighted by atomic mass is 9.99. The van der Waals surface area contributed by atoms with E-state index in [1.54, 1.807) is 6.08 Å². The highest BCUT2D eigenvalue weighted by atomic mass is 16.7. The van der Waals surface area contributed by atoms with Crippen molar-refractivity contribution in [2.24, 2.45) is 0 Å². The first kappa shape index (κ1) is 57.4. The second kappa shape index (κ2) is 42.4. The monoisotopic (exact) mass is 864 g/mol. The van der Waals surface area contributed by atoms with E-state index in [0.717, 1.165) is 57.8 Å². The first-order chi connectivity index (χ1) is 29.8. The predicted molar refractivity (Wildman–Crippen MR) is 253 cm³/mol. The molecule has 1 rings (SSSR count). The summed E-state index contributed by atoms with van der Waals surface area (Å²) < 4.78 is 11.2. The molecular formula is C52H97NO8. The van der Waals surface area contributed by atoms with Gasteiger partial charge in [0.15, 0.2) is 6.29 Å². The maximum absolute atomic E-state index is 13.0. The minimum atomic E-state index is -1.57. The van der Waals surface area contributed by atoms with Crippen LogP contribution in [0.3, 0.4) is 0 Å². The summed E-state index contributed by atoms with van der Waals surface area (Å²) in [7, 11) is 0. The van der Waals surface area contributed by atoms with E-state index in [0.29, 0.717) is 6.42 Å². The molecule has 0 aliphatic carbocycles. The van der Waals surface area contributed by atoms with E-state index < -0.39 is 49.5 Å². The van der Waals surface area contributed by atoms with E-state index in [1.807, 2.05) is 6.08 Å². The molecule has 0 spiro atoms. The Morgan fingerprint density at radius 2 is 0.951 bits per heavy atom. The van der Waals surface area contributed by atoms with Crippen LogP contribution in [0.2, 0.25) is 0 Å². The third kappa shape index (κ3) is 32.7. The molecule has 0 aromatic rings. The number of allylic oxidation sites excluding steroid dienone is 5. The first-order valence-corrected chi connectivity index (χ1v) is 25.7. The Kier molecular flexibility index (Phi) is 39.9. The summed E-state index contributed by atoms with van der Waals surface area (Å²) in [5.74, 6) is -0.188. The van der Waals surface area contributed by atoms with Gasteiger partial charge in [0.05, 0.1) is 25.4 Å². The zero-order valence-electron chi connectivity index (χ0n) is 39.4. The van der Waals surface area contributed by atoms with Gasteiger partial charge >= 0.3 is 0 Å². The smallest absolute Gasteiger partial charge is 0.220 e. The zero-order valence-corrected chi connectivity index (χ0v) is 39.4. The SMILES string of the molecule is CCCCC/C=C\C=C/CCCCCCCCC(=O)NC(COC1OC(CO)C(O)C(O)C1O)C(O)/C=C/CCCCCCCCCCCCCCCCCCCCCCC. The minimum Gasteiger partial charge on any atom is -0.394 e. The second-order valence-electron chi connectivity index (χ2n) is 18.0. The number of nitrogens with one attached hydrogen (secondary N) is 1. The van der Waals surface area contributed by atoms with Gasteiger partial charge < -0.3 is 40.3 Å². The van der Waals surface area contributed by atoms with Gasteiger partial charge in [-0.2, -0.15) is 0 Å². The highest BCUT2D eigenvalue weighted by Gasteiger charge is 2.44. The highest BCUT2D eigenvalue weighted by molar-refractivity contribution is 5.76. The minimum absolute atomic E-state index is 0.188. The Morgan fingerprint density at radius 1 is 0.557 bits per heavy atom. The molecule has 0 aromatic heterocycles. The number of aliphatic hydroxyl groups excluding tert-OH is 5. The van der Waals surface area contributed by atoms with Crippen LogP contribution in [0.1, 0.15) is 232 Å². The van der Waals surface area contributed by atoms with Crippen LogP contribution in [-0.2, 0) is 14.3 Å². The lowest BCUT2D eigenvalue weighted by Gasteiger charge is -2.40. The van der Waals surface area contributed by atoms with Crippen molar-refractivity contribution in [1.29, 1.82) is 0 Å². The predicted octanol–water partition coefficient (Wildman–Crippen LogP) is 11.6. The summed E-state index contributed by atoms with van der Waals surface area (Å²) in [6.45, 7) is 3.75. The van der Waals surface area contributed by atoms with Gasteiger partial charge in [-0.3, -0.25) is 4.79 Å². The molecular weight excluding hydrogens is 767 g/mol. The molecule has 7 atom stereocenters. The van der Waals surface area contributed by atoms with Gasteiger partial charge in [0.2, 0.25) is 5.91 Å². The first-order valence-electron chi connectivity index (χ1n) is 25.7. The molecule has 61 heavy (non-hydrogen) atoms. The lowest BCUT2D eigenvalue weighted by molar-refractivity contribution is -0.302. The number of amides is 1. The summed E-state index contributed by atoms with van der Waals surface area (Å²) in [4.78, 5) is 13.0. The van der Waals surface area contributed by atoms with Crippen molar-refractivity contribution in [2.45, 2.75) is 275 Å². The number of hydrogen-bond acceptors (Lipinski definition) is 8. The van der Waals surface area contributed by atoms with Gasteiger partial charge in [-0.1, -0.05) is 217 Å². The molecule has 7 unspecified atom stereocenters. The summed E-state index contributed by atoms with van der Waals surface area (Å²) in [6, 6.07) is -0.810. The molecule has 1 fully saturated rings. The molecule has 0 aromatic carbocycles. The molecule has 9 nitrogen and oxygen atoms in total. The number of ether oxygens (including phenoxy) is 2. The standard InChI is InChI=1S/C52H97NO8/c1-3-5-7-9-11-13-15-17-19-20-21-22-23-24-25-26-28-29-31-33-35-37-39-41-46(55)45(44-60-52-51(59)50(58)49(57)47(43-54)61-52)53-48(56)42-40-38-36-34-32-30-27-18-16-14-12-10-8-6-4-2/h12,14,16,18,39,41,45-47,49-52,54-55,57-59H,3-11,13,15,17,19-38,40,42-44H2,1-2H3,(H,53,56)/b14-12-,18-16-,41-39+. The van der Waals surface area contributed by atoms with Crippen molar-refractivity contribution in [2.75, 3.05) is 13.2 Å². The molecule has 1 aliphatic rings. The van der Waals surface area contributed by atoms with Crippen molar-refractivity contribution in [3.8, 4) is 0 Å². The third-order valence-corrected chi connectivity index (χ3v) is 12.2. The molecule has 358 valence electrons. The number of carbonyl (C=O) groups excluding carboxylic acids is 1. The Balaban J connectivity index is 2.28. The van der Waals surface area contributed by atoms with Gasteiger partial charge in [0.1, 0.15) is 24.4 Å². The summed E-state index contributed by atoms with van der Waals surface area (Å²) in [6.07, 6.45) is 46.2. The van der Waals surface area contributed by atoms with E-state index in [2.05, 4.69) is 43.5 Å². The van der Waals surface area contributed by atoms with Crippen molar-refractivity contribution in [3.05, 3.63) is 36.5 Å². The Hall–Kier alpha value is -1.59. The molecule has 6 N–H and O–H groups in total. The maximum Gasteiger partial charge on any atom is 0.220 e. The quantitative estimate of drug-likeness (QED) is 0.0202. The molecule has 1 amide bonds. The van der Waals surface area contributed by atoms with Gasteiger partial charge in [-0.25, -0.2) is 0 Å². The summed E-state index contributed by atoms with van der Waals surface area (Å²) in [5, 5.41) is 54.3. The normalized spacial score (nSPS) is 20.7. The molecule has 1 saturated heterocycles. The van der Waals surface area contributed by atoms with Crippen LogP contribution in [0, 0.1) is 0 Å². The van der Waals surface area contributed by atoms with Gasteiger partial charge in [-0.05, 0) is 44.9 Å². The molecule has 0 bridgehead atoms. The lowest BCUT2D eigenvalue weighted by Crippen LogP contribution is -2.60. The van der Waals surface area contributed by atoms with Crippen LogP contribution < -0.4 is 5.32 Å². The average molecular weight is 864 g/mol. The number of hydrogen-bond donors (Lipinski definition) is 6. The summed E-state index contributed by atoms with van der Waals surface area (Å²) >= 11 is 0. The topological polar surface area (TPSA) is 149 Å². The highest BCUT2D eigenvalue weighted by Crippen LogP contribution is 2.23. The Morgan fingerprint density at radius 3 is 1.41 bits per heavy atom. The van der Waals surface area contributed by atoms with Crippen LogP contribution in [0.25, 0.3) is 0 Å². The number of aliphatic hydroxyl groups is 5. The molecule has 9 heteroatoms. The van der Waals surface area contributed by atoms with Crippen LogP contribution in [0.15, 0.2) is 36.5 Å². The molecule has 1 heterocycles. The Labute approximate surface area is 374 Å².